The van der Waals surface area contributed by atoms with E-state index in [4.69, 9.17) is 0 Å². The van der Waals surface area contributed by atoms with Gasteiger partial charge in [0.05, 0.1) is 10.5 Å². The van der Waals surface area contributed by atoms with Crippen LogP contribution in [0.25, 0.3) is 0 Å². The maximum absolute atomic E-state index is 14.3. The Morgan fingerprint density at radius 2 is 1.90 bits per heavy atom. The molecule has 1 atom stereocenters. The molecule has 0 bridgehead atoms. The fourth-order valence-electron chi connectivity index (χ4n) is 2.10. The van der Waals surface area contributed by atoms with Gasteiger partial charge in [-0.3, -0.25) is 0 Å². The quantitative estimate of drug-likeness (QED) is 0.739. The highest BCUT2D eigenvalue weighted by molar-refractivity contribution is 9.10. The van der Waals surface area contributed by atoms with Gasteiger partial charge in [-0.25, -0.2) is 8.78 Å². The Labute approximate surface area is 133 Å². The van der Waals surface area contributed by atoms with Crippen molar-refractivity contribution in [2.45, 2.75) is 13.0 Å². The summed E-state index contributed by atoms with van der Waals surface area (Å²) in [6, 6.07) is 9.29. The van der Waals surface area contributed by atoms with Gasteiger partial charge in [-0.2, -0.15) is 0 Å². The van der Waals surface area contributed by atoms with Gasteiger partial charge in [0.1, 0.15) is 11.6 Å². The maximum Gasteiger partial charge on any atom is 0.142 e. The van der Waals surface area contributed by atoms with Crippen LogP contribution < -0.4 is 5.32 Å². The number of hydrogen-bond acceptors (Lipinski definition) is 1. The molecule has 20 heavy (non-hydrogen) atoms. The van der Waals surface area contributed by atoms with Crippen LogP contribution in [-0.4, -0.2) is 6.54 Å². The van der Waals surface area contributed by atoms with Gasteiger partial charge in [0.2, 0.25) is 0 Å². The largest absolute Gasteiger partial charge is 0.306 e. The lowest BCUT2D eigenvalue weighted by molar-refractivity contribution is 0.550. The molecule has 0 radical (unpaired) electrons. The molecule has 0 saturated carbocycles. The average Bonchev–Trinajstić information content (AvgIpc) is 2.38. The van der Waals surface area contributed by atoms with E-state index >= 15 is 0 Å². The van der Waals surface area contributed by atoms with Crippen molar-refractivity contribution in [2.24, 2.45) is 0 Å². The van der Waals surface area contributed by atoms with Crippen LogP contribution in [0.15, 0.2) is 45.3 Å². The van der Waals surface area contributed by atoms with Crippen LogP contribution in [0, 0.1) is 11.6 Å². The molecule has 0 aliphatic rings. The van der Waals surface area contributed by atoms with Gasteiger partial charge in [-0.15, -0.1) is 0 Å². The lowest BCUT2D eigenvalue weighted by atomic mass is 9.98. The molecule has 0 aromatic heterocycles. The van der Waals surface area contributed by atoms with E-state index in [9.17, 15) is 8.78 Å². The highest BCUT2D eigenvalue weighted by atomic mass is 79.9. The molecule has 5 heteroatoms. The summed E-state index contributed by atoms with van der Waals surface area (Å²) in [7, 11) is 0. The summed E-state index contributed by atoms with van der Waals surface area (Å²) < 4.78 is 28.9. The van der Waals surface area contributed by atoms with Crippen molar-refractivity contribution in [2.75, 3.05) is 6.54 Å². The zero-order valence-corrected chi connectivity index (χ0v) is 13.9. The van der Waals surface area contributed by atoms with Crippen LogP contribution in [0.1, 0.15) is 24.1 Å². The maximum atomic E-state index is 14.3. The summed E-state index contributed by atoms with van der Waals surface area (Å²) >= 11 is 6.45. The lowest BCUT2D eigenvalue weighted by Crippen LogP contribution is -2.23. The fourth-order valence-corrected chi connectivity index (χ4v) is 2.96. The molecular weight excluding hydrogens is 392 g/mol. The highest BCUT2D eigenvalue weighted by Gasteiger charge is 2.19. The van der Waals surface area contributed by atoms with E-state index in [2.05, 4.69) is 37.2 Å². The van der Waals surface area contributed by atoms with Crippen LogP contribution in [0.5, 0.6) is 0 Å². The molecule has 1 nitrogen and oxygen atoms in total. The second-order valence-corrected chi connectivity index (χ2v) is 6.11. The van der Waals surface area contributed by atoms with E-state index in [-0.39, 0.29) is 11.6 Å². The van der Waals surface area contributed by atoms with E-state index in [1.54, 1.807) is 24.3 Å². The molecule has 0 amide bonds. The summed E-state index contributed by atoms with van der Waals surface area (Å²) in [6.07, 6.45) is 0. The van der Waals surface area contributed by atoms with Crippen LogP contribution in [-0.2, 0) is 0 Å². The molecule has 0 saturated heterocycles. The smallest absolute Gasteiger partial charge is 0.142 e. The van der Waals surface area contributed by atoms with Crippen molar-refractivity contribution in [1.82, 2.24) is 5.32 Å². The normalized spacial score (nSPS) is 12.4. The first kappa shape index (κ1) is 15.6. The number of benzene rings is 2. The van der Waals surface area contributed by atoms with Gasteiger partial charge in [0, 0.05) is 10.0 Å². The SMILES string of the molecule is CCNC(c1cc(F)cc(Br)c1)c1cccc(Br)c1F. The molecule has 0 aliphatic carbocycles. The molecule has 1 N–H and O–H groups in total. The lowest BCUT2D eigenvalue weighted by Gasteiger charge is -2.20. The Bertz CT molecular complexity index is 597. The van der Waals surface area contributed by atoms with Crippen molar-refractivity contribution in [3.63, 3.8) is 0 Å². The van der Waals surface area contributed by atoms with Crippen LogP contribution >= 0.6 is 31.9 Å². The number of rotatable bonds is 4. The molecule has 0 fully saturated rings. The predicted molar refractivity (Wildman–Crippen MR) is 83.7 cm³/mol. The van der Waals surface area contributed by atoms with E-state index in [0.29, 0.717) is 26.6 Å². The van der Waals surface area contributed by atoms with Gasteiger partial charge in [-0.1, -0.05) is 35.0 Å². The minimum Gasteiger partial charge on any atom is -0.306 e. The third kappa shape index (κ3) is 3.45. The Balaban J connectivity index is 2.53. The van der Waals surface area contributed by atoms with Gasteiger partial charge < -0.3 is 5.32 Å². The second-order valence-electron chi connectivity index (χ2n) is 4.34. The first-order valence-corrected chi connectivity index (χ1v) is 7.74. The number of halogens is 4. The Hall–Kier alpha value is -0.780. The minimum absolute atomic E-state index is 0.334. The van der Waals surface area contributed by atoms with E-state index < -0.39 is 6.04 Å². The molecule has 2 aromatic rings. The van der Waals surface area contributed by atoms with Crippen molar-refractivity contribution in [1.29, 1.82) is 0 Å². The Morgan fingerprint density at radius 3 is 2.55 bits per heavy atom. The standard InChI is InChI=1S/C15H13Br2F2N/c1-2-20-15(9-6-10(16)8-11(18)7-9)12-4-3-5-13(17)14(12)19/h3-8,15,20H,2H2,1H3. The third-order valence-electron chi connectivity index (χ3n) is 2.92. The summed E-state index contributed by atoms with van der Waals surface area (Å²) in [5, 5.41) is 3.19. The molecular formula is C15H13Br2F2N. The van der Waals surface area contributed by atoms with Gasteiger partial charge in [-0.05, 0) is 52.3 Å². The van der Waals surface area contributed by atoms with Crippen molar-refractivity contribution < 1.29 is 8.78 Å². The minimum atomic E-state index is -0.399. The molecule has 0 spiro atoms. The Morgan fingerprint density at radius 1 is 1.15 bits per heavy atom. The second kappa shape index (κ2) is 6.78. The van der Waals surface area contributed by atoms with Crippen LogP contribution in [0.2, 0.25) is 0 Å². The van der Waals surface area contributed by atoms with Crippen LogP contribution in [0.4, 0.5) is 8.78 Å². The van der Waals surface area contributed by atoms with E-state index in [1.807, 2.05) is 6.92 Å². The van der Waals surface area contributed by atoms with Crippen molar-refractivity contribution in [3.8, 4) is 0 Å². The van der Waals surface area contributed by atoms with Gasteiger partial charge >= 0.3 is 0 Å². The molecule has 1 unspecified atom stereocenters. The van der Waals surface area contributed by atoms with Gasteiger partial charge in [0.15, 0.2) is 0 Å². The topological polar surface area (TPSA) is 12.0 Å². The molecule has 0 aliphatic heterocycles. The van der Waals surface area contributed by atoms with Crippen LogP contribution in [0.3, 0.4) is 0 Å². The highest BCUT2D eigenvalue weighted by Crippen LogP contribution is 2.30. The first-order valence-electron chi connectivity index (χ1n) is 6.16. The fraction of sp³-hybridized carbons (Fsp3) is 0.200. The molecule has 2 rings (SSSR count). The molecule has 2 aromatic carbocycles. The van der Waals surface area contributed by atoms with Gasteiger partial charge in [0.25, 0.3) is 0 Å². The summed E-state index contributed by atoms with van der Waals surface area (Å²) in [4.78, 5) is 0. The third-order valence-corrected chi connectivity index (χ3v) is 3.99. The first-order chi connectivity index (χ1) is 9.52. The van der Waals surface area contributed by atoms with Crippen molar-refractivity contribution >= 4 is 31.9 Å². The predicted octanol–water partition coefficient (Wildman–Crippen LogP) is 5.19. The molecule has 0 heterocycles. The van der Waals surface area contributed by atoms with E-state index in [1.165, 1.54) is 12.1 Å². The zero-order chi connectivity index (χ0) is 14.7. The number of hydrogen-bond donors (Lipinski definition) is 1. The average molecular weight is 405 g/mol. The van der Waals surface area contributed by atoms with Crippen molar-refractivity contribution in [3.05, 3.63) is 68.1 Å². The molecule has 106 valence electrons. The van der Waals surface area contributed by atoms with E-state index in [0.717, 1.165) is 0 Å². The number of nitrogens with one attached hydrogen (secondary N) is 1. The summed E-state index contributed by atoms with van der Waals surface area (Å²) in [6.45, 7) is 2.57. The summed E-state index contributed by atoms with van der Waals surface area (Å²) in [5.74, 6) is -0.688. The summed E-state index contributed by atoms with van der Waals surface area (Å²) in [5.41, 5.74) is 1.16. The monoisotopic (exact) mass is 403 g/mol. The zero-order valence-electron chi connectivity index (χ0n) is 10.8. The Kier molecular flexibility index (Phi) is 5.29.